The highest BCUT2D eigenvalue weighted by molar-refractivity contribution is 5.93. The van der Waals surface area contributed by atoms with Gasteiger partial charge < -0.3 is 16.0 Å². The normalized spacial score (nSPS) is 20.0. The Morgan fingerprint density at radius 2 is 2.30 bits per heavy atom. The third kappa shape index (κ3) is 4.05. The number of rotatable bonds is 5. The lowest BCUT2D eigenvalue weighted by Gasteiger charge is -2.29. The van der Waals surface area contributed by atoms with Gasteiger partial charge >= 0.3 is 0 Å². The van der Waals surface area contributed by atoms with Crippen molar-refractivity contribution in [2.75, 3.05) is 26.7 Å². The van der Waals surface area contributed by atoms with Crippen LogP contribution in [0.15, 0.2) is 18.2 Å². The molecule has 20 heavy (non-hydrogen) atoms. The van der Waals surface area contributed by atoms with Crippen LogP contribution in [0, 0.1) is 12.8 Å². The van der Waals surface area contributed by atoms with Crippen LogP contribution in [-0.2, 0) is 6.54 Å². The van der Waals surface area contributed by atoms with Gasteiger partial charge in [0.05, 0.1) is 0 Å². The van der Waals surface area contributed by atoms with E-state index in [1.807, 2.05) is 19.1 Å². The molecule has 110 valence electrons. The molecule has 0 bridgehead atoms. The average Bonchev–Trinajstić information content (AvgIpc) is 2.40. The SMILES string of the molecule is Cc1cc(C(N)=O)ccc1CNCC1CCCN(C)C1. The fraction of sp³-hybridized carbons (Fsp3) is 0.562. The fourth-order valence-corrected chi connectivity index (χ4v) is 2.90. The van der Waals surface area contributed by atoms with Gasteiger partial charge in [-0.1, -0.05) is 6.07 Å². The van der Waals surface area contributed by atoms with Gasteiger partial charge in [-0.2, -0.15) is 0 Å². The van der Waals surface area contributed by atoms with E-state index in [2.05, 4.69) is 17.3 Å². The number of amides is 1. The summed E-state index contributed by atoms with van der Waals surface area (Å²) in [4.78, 5) is 13.5. The van der Waals surface area contributed by atoms with Crippen molar-refractivity contribution in [2.24, 2.45) is 11.7 Å². The minimum atomic E-state index is -0.363. The Kier molecular flexibility index (Phi) is 5.15. The van der Waals surface area contributed by atoms with Crippen molar-refractivity contribution in [3.05, 3.63) is 34.9 Å². The van der Waals surface area contributed by atoms with Gasteiger partial charge in [-0.15, -0.1) is 0 Å². The molecule has 1 atom stereocenters. The van der Waals surface area contributed by atoms with Crippen LogP contribution in [0.25, 0.3) is 0 Å². The number of benzene rings is 1. The molecule has 0 saturated carbocycles. The molecule has 1 unspecified atom stereocenters. The second kappa shape index (κ2) is 6.86. The van der Waals surface area contributed by atoms with Crippen LogP contribution in [0.5, 0.6) is 0 Å². The topological polar surface area (TPSA) is 58.4 Å². The van der Waals surface area contributed by atoms with E-state index in [1.54, 1.807) is 6.07 Å². The van der Waals surface area contributed by atoms with Crippen LogP contribution >= 0.6 is 0 Å². The van der Waals surface area contributed by atoms with Crippen molar-refractivity contribution in [1.82, 2.24) is 10.2 Å². The molecule has 1 aliphatic heterocycles. The minimum Gasteiger partial charge on any atom is -0.366 e. The van der Waals surface area contributed by atoms with E-state index in [1.165, 1.54) is 31.5 Å². The largest absolute Gasteiger partial charge is 0.366 e. The zero-order chi connectivity index (χ0) is 14.5. The molecule has 4 nitrogen and oxygen atoms in total. The van der Waals surface area contributed by atoms with Crippen molar-refractivity contribution in [1.29, 1.82) is 0 Å². The highest BCUT2D eigenvalue weighted by Gasteiger charge is 2.16. The van der Waals surface area contributed by atoms with Crippen LogP contribution in [0.4, 0.5) is 0 Å². The van der Waals surface area contributed by atoms with Crippen molar-refractivity contribution < 1.29 is 4.79 Å². The lowest BCUT2D eigenvalue weighted by molar-refractivity contribution is 0.1000. The van der Waals surface area contributed by atoms with Gasteiger partial charge in [0, 0.05) is 18.7 Å². The smallest absolute Gasteiger partial charge is 0.248 e. The number of likely N-dealkylation sites (tertiary alicyclic amines) is 1. The molecule has 1 amide bonds. The Labute approximate surface area is 121 Å². The Bertz CT molecular complexity index is 473. The molecule has 3 N–H and O–H groups in total. The number of piperidine rings is 1. The predicted octanol–water partition coefficient (Wildman–Crippen LogP) is 1.53. The summed E-state index contributed by atoms with van der Waals surface area (Å²) in [5, 5.41) is 3.54. The van der Waals surface area contributed by atoms with Crippen LogP contribution in [0.3, 0.4) is 0 Å². The van der Waals surface area contributed by atoms with E-state index in [0.29, 0.717) is 5.56 Å². The number of primary amides is 1. The van der Waals surface area contributed by atoms with Crippen molar-refractivity contribution in [3.8, 4) is 0 Å². The molecular formula is C16H25N3O. The standard InChI is InChI=1S/C16H25N3O/c1-12-8-14(16(17)20)5-6-15(12)10-18-9-13-4-3-7-19(2)11-13/h5-6,8,13,18H,3-4,7,9-11H2,1-2H3,(H2,17,20). The summed E-state index contributed by atoms with van der Waals surface area (Å²) >= 11 is 0. The molecule has 0 spiro atoms. The number of nitrogens with one attached hydrogen (secondary N) is 1. The molecule has 4 heteroatoms. The maximum Gasteiger partial charge on any atom is 0.248 e. The van der Waals surface area contributed by atoms with Gasteiger partial charge in [-0.3, -0.25) is 4.79 Å². The third-order valence-electron chi connectivity index (χ3n) is 4.10. The zero-order valence-electron chi connectivity index (χ0n) is 12.5. The summed E-state index contributed by atoms with van der Waals surface area (Å²) in [5.41, 5.74) is 8.22. The highest BCUT2D eigenvalue weighted by Crippen LogP contribution is 2.15. The van der Waals surface area contributed by atoms with Crippen molar-refractivity contribution in [3.63, 3.8) is 0 Å². The quantitative estimate of drug-likeness (QED) is 0.856. The van der Waals surface area contributed by atoms with Crippen LogP contribution in [0.1, 0.15) is 34.3 Å². The Morgan fingerprint density at radius 1 is 1.50 bits per heavy atom. The average molecular weight is 275 g/mol. The number of carbonyl (C=O) groups is 1. The summed E-state index contributed by atoms with van der Waals surface area (Å²) < 4.78 is 0. The van der Waals surface area contributed by atoms with E-state index >= 15 is 0 Å². The second-order valence-electron chi connectivity index (χ2n) is 5.91. The molecule has 1 aliphatic rings. The summed E-state index contributed by atoms with van der Waals surface area (Å²) in [7, 11) is 2.19. The predicted molar refractivity (Wildman–Crippen MR) is 81.6 cm³/mol. The first kappa shape index (κ1) is 15.0. The fourth-order valence-electron chi connectivity index (χ4n) is 2.90. The van der Waals surface area contributed by atoms with Gasteiger partial charge in [0.2, 0.25) is 5.91 Å². The van der Waals surface area contributed by atoms with Crippen LogP contribution in [-0.4, -0.2) is 37.5 Å². The highest BCUT2D eigenvalue weighted by atomic mass is 16.1. The first-order valence-electron chi connectivity index (χ1n) is 7.35. The summed E-state index contributed by atoms with van der Waals surface area (Å²) in [5.74, 6) is 0.386. The number of carbonyl (C=O) groups excluding carboxylic acids is 1. The van der Waals surface area contributed by atoms with E-state index < -0.39 is 0 Å². The third-order valence-corrected chi connectivity index (χ3v) is 4.10. The van der Waals surface area contributed by atoms with E-state index in [9.17, 15) is 4.79 Å². The lowest BCUT2D eigenvalue weighted by atomic mass is 9.98. The van der Waals surface area contributed by atoms with Crippen LogP contribution in [0.2, 0.25) is 0 Å². The molecule has 1 aromatic rings. The Hall–Kier alpha value is -1.39. The summed E-state index contributed by atoms with van der Waals surface area (Å²) in [6.45, 7) is 6.35. The number of nitrogens with two attached hydrogens (primary N) is 1. The first-order valence-corrected chi connectivity index (χ1v) is 7.35. The molecule has 1 heterocycles. The van der Waals surface area contributed by atoms with E-state index in [-0.39, 0.29) is 5.91 Å². The molecule has 1 fully saturated rings. The molecular weight excluding hydrogens is 250 g/mol. The van der Waals surface area contributed by atoms with Crippen molar-refractivity contribution >= 4 is 5.91 Å². The Morgan fingerprint density at radius 3 is 2.95 bits per heavy atom. The molecule has 1 aromatic carbocycles. The van der Waals surface area contributed by atoms with Crippen LogP contribution < -0.4 is 11.1 Å². The summed E-state index contributed by atoms with van der Waals surface area (Å²) in [6.07, 6.45) is 2.62. The van der Waals surface area contributed by atoms with Gasteiger partial charge in [0.1, 0.15) is 0 Å². The number of nitrogens with zero attached hydrogens (tertiary/aromatic N) is 1. The summed E-state index contributed by atoms with van der Waals surface area (Å²) in [6, 6.07) is 5.67. The number of aryl methyl sites for hydroxylation is 1. The molecule has 0 radical (unpaired) electrons. The van der Waals surface area contributed by atoms with Gasteiger partial charge in [-0.25, -0.2) is 0 Å². The van der Waals surface area contributed by atoms with E-state index in [4.69, 9.17) is 5.73 Å². The Balaban J connectivity index is 1.83. The maximum absolute atomic E-state index is 11.1. The van der Waals surface area contributed by atoms with E-state index in [0.717, 1.165) is 24.6 Å². The second-order valence-corrected chi connectivity index (χ2v) is 5.91. The lowest BCUT2D eigenvalue weighted by Crippen LogP contribution is -2.37. The maximum atomic E-state index is 11.1. The van der Waals surface area contributed by atoms with Gasteiger partial charge in [0.15, 0.2) is 0 Å². The zero-order valence-corrected chi connectivity index (χ0v) is 12.5. The molecule has 0 aromatic heterocycles. The molecule has 1 saturated heterocycles. The van der Waals surface area contributed by atoms with Gasteiger partial charge in [0.25, 0.3) is 0 Å². The molecule has 2 rings (SSSR count). The van der Waals surface area contributed by atoms with Crippen molar-refractivity contribution in [2.45, 2.75) is 26.3 Å². The van der Waals surface area contributed by atoms with Gasteiger partial charge in [-0.05, 0) is 69.1 Å². The monoisotopic (exact) mass is 275 g/mol. The number of hydrogen-bond donors (Lipinski definition) is 2. The molecule has 0 aliphatic carbocycles. The number of hydrogen-bond acceptors (Lipinski definition) is 3. The first-order chi connectivity index (χ1) is 9.56. The minimum absolute atomic E-state index is 0.363.